The zero-order chi connectivity index (χ0) is 30.7. The average molecular weight is 780 g/mol. The van der Waals surface area contributed by atoms with Crippen molar-refractivity contribution < 1.29 is 30.9 Å². The standard InChI is InChI=1S/C40H30N3O2.Pt/c1-40(2,3)31-24-37(42-39-35(44)21-20-28(38(31)39)25-11-5-4-6-12-25)45-27-18-19-30-29-14-8-10-16-33(29)43(34(30)23-27)36-22-17-26-13-7-9-15-32(26)41-36;/h4-22,24,44H,1-3H3;/q-1;. The van der Waals surface area contributed by atoms with Crippen molar-refractivity contribution >= 4 is 43.6 Å². The van der Waals surface area contributed by atoms with Gasteiger partial charge in [-0.2, -0.15) is 6.07 Å². The van der Waals surface area contributed by atoms with Gasteiger partial charge in [-0.25, -0.2) is 9.97 Å². The second-order valence-corrected chi connectivity index (χ2v) is 12.4. The van der Waals surface area contributed by atoms with Crippen molar-refractivity contribution in [1.29, 1.82) is 0 Å². The van der Waals surface area contributed by atoms with E-state index in [4.69, 9.17) is 14.7 Å². The van der Waals surface area contributed by atoms with Crippen LogP contribution in [0, 0.1) is 6.07 Å². The molecule has 0 aliphatic rings. The molecule has 0 saturated carbocycles. The van der Waals surface area contributed by atoms with Crippen LogP contribution >= 0.6 is 0 Å². The van der Waals surface area contributed by atoms with Crippen molar-refractivity contribution in [3.63, 3.8) is 0 Å². The smallest absolute Gasteiger partial charge is 0.217 e. The van der Waals surface area contributed by atoms with E-state index in [1.165, 1.54) is 0 Å². The molecule has 0 atom stereocenters. The van der Waals surface area contributed by atoms with E-state index >= 15 is 0 Å². The van der Waals surface area contributed by atoms with Crippen LogP contribution in [0.2, 0.25) is 0 Å². The van der Waals surface area contributed by atoms with Gasteiger partial charge in [0, 0.05) is 49.2 Å². The molecule has 0 bridgehead atoms. The van der Waals surface area contributed by atoms with Crippen LogP contribution < -0.4 is 4.74 Å². The first kappa shape index (κ1) is 29.7. The monoisotopic (exact) mass is 779 g/mol. The van der Waals surface area contributed by atoms with E-state index in [2.05, 4.69) is 73.9 Å². The third-order valence-corrected chi connectivity index (χ3v) is 8.39. The van der Waals surface area contributed by atoms with Crippen LogP contribution in [0.4, 0.5) is 0 Å². The van der Waals surface area contributed by atoms with E-state index in [-0.39, 0.29) is 32.2 Å². The maximum Gasteiger partial charge on any atom is 0.217 e. The molecule has 8 rings (SSSR count). The number of nitrogens with zero attached hydrogens (tertiary/aromatic N) is 3. The first-order chi connectivity index (χ1) is 21.8. The molecule has 8 aromatic rings. The van der Waals surface area contributed by atoms with E-state index in [9.17, 15) is 5.11 Å². The summed E-state index contributed by atoms with van der Waals surface area (Å²) in [5.74, 6) is 1.85. The molecule has 46 heavy (non-hydrogen) atoms. The molecule has 0 aliphatic carbocycles. The fourth-order valence-electron chi connectivity index (χ4n) is 6.27. The molecule has 0 fully saturated rings. The van der Waals surface area contributed by atoms with Crippen molar-refractivity contribution in [3.05, 3.63) is 133 Å². The fourth-order valence-corrected chi connectivity index (χ4v) is 6.27. The summed E-state index contributed by atoms with van der Waals surface area (Å²) in [6.07, 6.45) is 0. The van der Waals surface area contributed by atoms with Gasteiger partial charge in [0.2, 0.25) is 5.88 Å². The van der Waals surface area contributed by atoms with Crippen LogP contribution in [-0.4, -0.2) is 19.6 Å². The Morgan fingerprint density at radius 3 is 2.33 bits per heavy atom. The van der Waals surface area contributed by atoms with Gasteiger partial charge in [-0.3, -0.25) is 0 Å². The van der Waals surface area contributed by atoms with Gasteiger partial charge in [-0.15, -0.1) is 17.5 Å². The molecule has 0 saturated heterocycles. The molecule has 3 aromatic heterocycles. The molecule has 5 nitrogen and oxygen atoms in total. The molecular weight excluding hydrogens is 750 g/mol. The van der Waals surface area contributed by atoms with Crippen molar-refractivity contribution in [1.82, 2.24) is 14.5 Å². The fraction of sp³-hybridized carbons (Fsp3) is 0.100. The van der Waals surface area contributed by atoms with Gasteiger partial charge in [0.05, 0.1) is 5.52 Å². The van der Waals surface area contributed by atoms with Gasteiger partial charge in [-0.1, -0.05) is 93.0 Å². The van der Waals surface area contributed by atoms with E-state index in [0.717, 1.165) is 60.6 Å². The predicted molar refractivity (Wildman–Crippen MR) is 183 cm³/mol. The molecule has 1 N–H and O–H groups in total. The summed E-state index contributed by atoms with van der Waals surface area (Å²) >= 11 is 0. The molecule has 0 unspecified atom stereocenters. The summed E-state index contributed by atoms with van der Waals surface area (Å²) in [4.78, 5) is 9.87. The molecule has 0 radical (unpaired) electrons. The number of aromatic nitrogens is 3. The second kappa shape index (κ2) is 11.4. The number of para-hydroxylation sites is 2. The van der Waals surface area contributed by atoms with Crippen molar-refractivity contribution in [2.75, 3.05) is 0 Å². The number of rotatable bonds is 4. The maximum absolute atomic E-state index is 11.0. The Morgan fingerprint density at radius 1 is 0.739 bits per heavy atom. The molecule has 0 aliphatic heterocycles. The van der Waals surface area contributed by atoms with Gasteiger partial charge in [0.15, 0.2) is 0 Å². The number of aromatic hydroxyl groups is 1. The van der Waals surface area contributed by atoms with Gasteiger partial charge in [0.25, 0.3) is 0 Å². The normalized spacial score (nSPS) is 11.7. The molecule has 0 spiro atoms. The predicted octanol–water partition coefficient (Wildman–Crippen LogP) is 10.1. The summed E-state index contributed by atoms with van der Waals surface area (Å²) in [6.45, 7) is 6.49. The first-order valence-electron chi connectivity index (χ1n) is 15.1. The minimum atomic E-state index is -0.252. The number of ether oxygens (including phenoxy) is 1. The van der Waals surface area contributed by atoms with E-state index in [1.54, 1.807) is 6.07 Å². The molecular formula is C40H30N3O2Pt-. The summed E-state index contributed by atoms with van der Waals surface area (Å²) in [7, 11) is 0. The topological polar surface area (TPSA) is 60.2 Å². The summed E-state index contributed by atoms with van der Waals surface area (Å²) in [6, 6.07) is 44.0. The van der Waals surface area contributed by atoms with Crippen molar-refractivity contribution in [2.45, 2.75) is 26.2 Å². The van der Waals surface area contributed by atoms with E-state index in [1.807, 2.05) is 72.8 Å². The number of phenolic OH excluding ortho intramolecular Hbond substituents is 1. The molecule has 3 heterocycles. The Bertz CT molecular complexity index is 2410. The van der Waals surface area contributed by atoms with Crippen LogP contribution in [0.25, 0.3) is 60.6 Å². The van der Waals surface area contributed by atoms with Crippen LogP contribution in [-0.2, 0) is 26.5 Å². The largest absolute Gasteiger partial charge is 0.506 e. The summed E-state index contributed by atoms with van der Waals surface area (Å²) in [5.41, 5.74) is 6.21. The molecule has 5 aromatic carbocycles. The third-order valence-electron chi connectivity index (χ3n) is 8.39. The molecule has 0 amide bonds. The number of phenols is 1. The Balaban J connectivity index is 0.00000338. The van der Waals surface area contributed by atoms with Gasteiger partial charge < -0.3 is 14.4 Å². The van der Waals surface area contributed by atoms with Gasteiger partial charge >= 0.3 is 0 Å². The Morgan fingerprint density at radius 2 is 1.50 bits per heavy atom. The number of fused-ring (bicyclic) bond motifs is 5. The van der Waals surface area contributed by atoms with Crippen molar-refractivity contribution in [2.24, 2.45) is 0 Å². The van der Waals surface area contributed by atoms with E-state index < -0.39 is 0 Å². The Hall–Kier alpha value is -4.99. The first-order valence-corrected chi connectivity index (χ1v) is 15.1. The number of benzene rings is 5. The van der Waals surface area contributed by atoms with Crippen LogP contribution in [0.1, 0.15) is 26.3 Å². The minimum absolute atomic E-state index is 0. The second-order valence-electron chi connectivity index (χ2n) is 12.4. The number of hydrogen-bond acceptors (Lipinski definition) is 4. The van der Waals surface area contributed by atoms with Crippen LogP contribution in [0.15, 0.2) is 121 Å². The number of hydrogen-bond donors (Lipinski definition) is 1. The molecule has 6 heteroatoms. The van der Waals surface area contributed by atoms with Crippen LogP contribution in [0.5, 0.6) is 17.4 Å². The summed E-state index contributed by atoms with van der Waals surface area (Å²) in [5, 5.41) is 15.2. The quantitative estimate of drug-likeness (QED) is 0.181. The summed E-state index contributed by atoms with van der Waals surface area (Å²) < 4.78 is 8.61. The Labute approximate surface area is 281 Å². The van der Waals surface area contributed by atoms with Crippen LogP contribution in [0.3, 0.4) is 0 Å². The maximum atomic E-state index is 11.0. The SMILES string of the molecule is CC(C)(C)c1cc(Oc2[c-]c3c(cc2)c2ccccc2n3-c2ccc3ccccc3n2)nc2c(O)ccc(-c3ccccc3)c12.[Pt]. The minimum Gasteiger partial charge on any atom is -0.506 e. The Kier molecular flexibility index (Phi) is 7.38. The average Bonchev–Trinajstić information content (AvgIpc) is 3.38. The number of pyridine rings is 2. The zero-order valence-electron chi connectivity index (χ0n) is 25.6. The zero-order valence-corrected chi connectivity index (χ0v) is 27.8. The van der Waals surface area contributed by atoms with E-state index in [0.29, 0.717) is 17.1 Å². The molecule has 228 valence electrons. The third kappa shape index (κ3) is 5.01. The van der Waals surface area contributed by atoms with Gasteiger partial charge in [0.1, 0.15) is 17.1 Å². The van der Waals surface area contributed by atoms with Crippen molar-refractivity contribution in [3.8, 4) is 34.3 Å². The van der Waals surface area contributed by atoms with Gasteiger partial charge in [-0.05, 0) is 63.9 Å².